The number of hydrogen-bond donors (Lipinski definition) is 0. The van der Waals surface area contributed by atoms with Crippen LogP contribution in [0.5, 0.6) is 0 Å². The van der Waals surface area contributed by atoms with E-state index in [1.165, 1.54) is 0 Å². The summed E-state index contributed by atoms with van der Waals surface area (Å²) in [6.45, 7) is 1.15. The molecule has 0 fully saturated rings. The number of nitriles is 1. The molecule has 1 aliphatic rings. The van der Waals surface area contributed by atoms with Crippen LogP contribution in [0, 0.1) is 11.3 Å². The van der Waals surface area contributed by atoms with Crippen molar-refractivity contribution >= 4 is 5.91 Å². The van der Waals surface area contributed by atoms with Crippen molar-refractivity contribution < 1.29 is 4.79 Å². The van der Waals surface area contributed by atoms with Gasteiger partial charge in [-0.1, -0.05) is 0 Å². The van der Waals surface area contributed by atoms with E-state index in [4.69, 9.17) is 5.26 Å². The van der Waals surface area contributed by atoms with E-state index in [9.17, 15) is 4.79 Å². The molecule has 0 atom stereocenters. The second-order valence-electron chi connectivity index (χ2n) is 5.08. The highest BCUT2D eigenvalue weighted by molar-refractivity contribution is 5.93. The number of hydrogen-bond acceptors (Lipinski definition) is 4. The summed E-state index contributed by atoms with van der Waals surface area (Å²) in [7, 11) is 1.82. The first-order chi connectivity index (χ1) is 10.2. The lowest BCUT2D eigenvalue weighted by Crippen LogP contribution is -2.31. The predicted octanol–water partition coefficient (Wildman–Crippen LogP) is 1.28. The molecule has 106 valence electrons. The van der Waals surface area contributed by atoms with Crippen molar-refractivity contribution in [1.82, 2.24) is 19.7 Å². The van der Waals surface area contributed by atoms with Gasteiger partial charge in [-0.25, -0.2) is 0 Å². The quantitative estimate of drug-likeness (QED) is 0.789. The van der Waals surface area contributed by atoms with Gasteiger partial charge < -0.3 is 4.90 Å². The third-order valence-electron chi connectivity index (χ3n) is 3.77. The van der Waals surface area contributed by atoms with Crippen LogP contribution in [0.4, 0.5) is 0 Å². The normalized spacial score (nSPS) is 14.2. The van der Waals surface area contributed by atoms with Crippen LogP contribution in [-0.2, 0) is 20.0 Å². The van der Waals surface area contributed by atoms with Crippen LogP contribution in [-0.4, -0.2) is 32.1 Å². The first-order valence-corrected chi connectivity index (χ1v) is 6.85. The summed E-state index contributed by atoms with van der Waals surface area (Å²) in [6, 6.07) is 5.66. The molecule has 2 aromatic heterocycles. The van der Waals surface area contributed by atoms with E-state index in [1.807, 2.05) is 7.05 Å². The molecule has 0 N–H and O–H groups in total. The minimum absolute atomic E-state index is 0.0318. The summed E-state index contributed by atoms with van der Waals surface area (Å²) in [6.07, 6.45) is 4.85. The Morgan fingerprint density at radius 1 is 1.48 bits per heavy atom. The van der Waals surface area contributed by atoms with Gasteiger partial charge in [-0.05, 0) is 25.0 Å². The van der Waals surface area contributed by atoms with Crippen molar-refractivity contribution in [1.29, 1.82) is 5.26 Å². The number of nitrogens with zero attached hydrogens (tertiary/aromatic N) is 5. The number of carbonyl (C=O) groups is 1. The van der Waals surface area contributed by atoms with E-state index in [0.717, 1.165) is 24.1 Å². The third kappa shape index (κ3) is 2.38. The van der Waals surface area contributed by atoms with E-state index in [-0.39, 0.29) is 5.91 Å². The van der Waals surface area contributed by atoms with Gasteiger partial charge >= 0.3 is 0 Å². The van der Waals surface area contributed by atoms with Gasteiger partial charge in [0.25, 0.3) is 5.91 Å². The minimum Gasteiger partial charge on any atom is -0.333 e. The standard InChI is InChI=1S/C15H15N5O/c1-19-14-10-20(15(21)11-4-2-6-17-9-11)7-3-5-12(14)13(8-16)18-19/h2,4,6,9H,3,5,7,10H2,1H3. The smallest absolute Gasteiger partial charge is 0.255 e. The van der Waals surface area contributed by atoms with Crippen molar-refractivity contribution in [3.8, 4) is 6.07 Å². The van der Waals surface area contributed by atoms with Crippen LogP contribution in [0.25, 0.3) is 0 Å². The lowest BCUT2D eigenvalue weighted by atomic mass is 10.1. The highest BCUT2D eigenvalue weighted by Gasteiger charge is 2.25. The number of carbonyl (C=O) groups excluding carboxylic acids is 1. The molecule has 0 unspecified atom stereocenters. The second-order valence-corrected chi connectivity index (χ2v) is 5.08. The molecule has 0 saturated carbocycles. The first kappa shape index (κ1) is 13.3. The van der Waals surface area contributed by atoms with Gasteiger partial charge in [0.15, 0.2) is 5.69 Å². The third-order valence-corrected chi connectivity index (χ3v) is 3.77. The summed E-state index contributed by atoms with van der Waals surface area (Å²) in [5, 5.41) is 13.4. The van der Waals surface area contributed by atoms with E-state index in [0.29, 0.717) is 24.3 Å². The number of amides is 1. The molecule has 21 heavy (non-hydrogen) atoms. The van der Waals surface area contributed by atoms with E-state index >= 15 is 0 Å². The average Bonchev–Trinajstić information content (AvgIpc) is 2.70. The fourth-order valence-electron chi connectivity index (χ4n) is 2.70. The fourth-order valence-corrected chi connectivity index (χ4v) is 2.70. The van der Waals surface area contributed by atoms with Gasteiger partial charge in [-0.2, -0.15) is 10.4 Å². The molecule has 6 heteroatoms. The molecule has 0 bridgehead atoms. The Bertz CT molecular complexity index is 714. The maximum Gasteiger partial charge on any atom is 0.255 e. The number of pyridine rings is 1. The number of aryl methyl sites for hydroxylation is 1. The summed E-state index contributed by atoms with van der Waals surface area (Å²) >= 11 is 0. The Morgan fingerprint density at radius 3 is 3.05 bits per heavy atom. The fraction of sp³-hybridized carbons (Fsp3) is 0.333. The largest absolute Gasteiger partial charge is 0.333 e. The first-order valence-electron chi connectivity index (χ1n) is 6.85. The number of aromatic nitrogens is 3. The zero-order valence-corrected chi connectivity index (χ0v) is 11.8. The molecule has 2 aromatic rings. The molecule has 1 amide bonds. The van der Waals surface area contributed by atoms with Crippen LogP contribution in [0.1, 0.15) is 33.7 Å². The Kier molecular flexibility index (Phi) is 3.40. The Labute approximate surface area is 122 Å². The van der Waals surface area contributed by atoms with E-state index in [1.54, 1.807) is 34.1 Å². The molecule has 6 nitrogen and oxygen atoms in total. The zero-order valence-electron chi connectivity index (χ0n) is 11.8. The van der Waals surface area contributed by atoms with Crippen LogP contribution in [0.2, 0.25) is 0 Å². The van der Waals surface area contributed by atoms with Crippen molar-refractivity contribution in [3.63, 3.8) is 0 Å². The molecule has 0 aromatic carbocycles. The molecule has 0 spiro atoms. The average molecular weight is 281 g/mol. The molecule has 3 heterocycles. The second kappa shape index (κ2) is 5.37. The predicted molar refractivity (Wildman–Crippen MR) is 75.2 cm³/mol. The Morgan fingerprint density at radius 2 is 2.33 bits per heavy atom. The van der Waals surface area contributed by atoms with Gasteiger partial charge in [0.1, 0.15) is 6.07 Å². The topological polar surface area (TPSA) is 74.8 Å². The highest BCUT2D eigenvalue weighted by atomic mass is 16.2. The molecular formula is C15H15N5O. The van der Waals surface area contributed by atoms with Gasteiger partial charge in [0.2, 0.25) is 0 Å². The summed E-state index contributed by atoms with van der Waals surface area (Å²) in [5.74, 6) is -0.0318. The summed E-state index contributed by atoms with van der Waals surface area (Å²) in [4.78, 5) is 18.3. The molecule has 0 aliphatic carbocycles. The number of rotatable bonds is 1. The zero-order chi connectivity index (χ0) is 14.8. The van der Waals surface area contributed by atoms with Crippen LogP contribution >= 0.6 is 0 Å². The van der Waals surface area contributed by atoms with Crippen LogP contribution < -0.4 is 0 Å². The Balaban J connectivity index is 1.91. The Hall–Kier alpha value is -2.68. The van der Waals surface area contributed by atoms with Crippen molar-refractivity contribution in [3.05, 3.63) is 47.0 Å². The summed E-state index contributed by atoms with van der Waals surface area (Å²) in [5.41, 5.74) is 2.98. The molecule has 3 rings (SSSR count). The van der Waals surface area contributed by atoms with Gasteiger partial charge in [-0.15, -0.1) is 0 Å². The molecular weight excluding hydrogens is 266 g/mol. The van der Waals surface area contributed by atoms with Gasteiger partial charge in [0.05, 0.1) is 17.8 Å². The van der Waals surface area contributed by atoms with E-state index in [2.05, 4.69) is 16.2 Å². The lowest BCUT2D eigenvalue weighted by Gasteiger charge is -2.20. The van der Waals surface area contributed by atoms with Crippen molar-refractivity contribution in [2.24, 2.45) is 7.05 Å². The van der Waals surface area contributed by atoms with Gasteiger partial charge in [-0.3, -0.25) is 14.5 Å². The maximum atomic E-state index is 12.5. The lowest BCUT2D eigenvalue weighted by molar-refractivity contribution is 0.0742. The maximum absolute atomic E-state index is 12.5. The molecule has 1 aliphatic heterocycles. The van der Waals surface area contributed by atoms with Crippen LogP contribution in [0.3, 0.4) is 0 Å². The van der Waals surface area contributed by atoms with E-state index < -0.39 is 0 Å². The summed E-state index contributed by atoms with van der Waals surface area (Å²) < 4.78 is 1.71. The SMILES string of the molecule is Cn1nc(C#N)c2c1CN(C(=O)c1cccnc1)CCC2. The number of fused-ring (bicyclic) bond motifs is 1. The van der Waals surface area contributed by atoms with Gasteiger partial charge in [0, 0.05) is 31.5 Å². The van der Waals surface area contributed by atoms with Crippen molar-refractivity contribution in [2.75, 3.05) is 6.54 Å². The minimum atomic E-state index is -0.0318. The highest BCUT2D eigenvalue weighted by Crippen LogP contribution is 2.22. The van der Waals surface area contributed by atoms with Crippen molar-refractivity contribution in [2.45, 2.75) is 19.4 Å². The molecule has 0 radical (unpaired) electrons. The molecule has 0 saturated heterocycles. The monoisotopic (exact) mass is 281 g/mol. The van der Waals surface area contributed by atoms with Crippen LogP contribution in [0.15, 0.2) is 24.5 Å².